The maximum absolute atomic E-state index is 2.29. The van der Waals surface area contributed by atoms with Crippen LogP contribution in [-0.4, -0.2) is 0 Å². The minimum Gasteiger partial charge on any atom is -0.147 e. The largest absolute Gasteiger partial charge is 0.147 e. The van der Waals surface area contributed by atoms with E-state index >= 15 is 0 Å². The van der Waals surface area contributed by atoms with Gasteiger partial charge in [0, 0.05) is 0 Å². The number of rotatable bonds is 3. The van der Waals surface area contributed by atoms with Gasteiger partial charge >= 0.3 is 87.5 Å². The van der Waals surface area contributed by atoms with Crippen molar-refractivity contribution in [2.45, 2.75) is 46.5 Å². The van der Waals surface area contributed by atoms with Gasteiger partial charge in [-0.3, -0.25) is 0 Å². The summed E-state index contributed by atoms with van der Waals surface area (Å²) in [4.78, 5) is 0. The van der Waals surface area contributed by atoms with Gasteiger partial charge in [-0.1, -0.05) is 0 Å². The zero-order valence-electron chi connectivity index (χ0n) is 9.14. The second kappa shape index (κ2) is 7.99. The summed E-state index contributed by atoms with van der Waals surface area (Å²) in [6, 6.07) is 0. The van der Waals surface area contributed by atoms with E-state index in [-0.39, 0.29) is 24.8 Å². The quantitative estimate of drug-likeness (QED) is 0.659. The van der Waals surface area contributed by atoms with Crippen LogP contribution in [0.1, 0.15) is 46.5 Å². The number of hydrogen-bond donors (Lipinski definition) is 0. The van der Waals surface area contributed by atoms with Crippen molar-refractivity contribution >= 4 is 24.8 Å². The summed E-state index contributed by atoms with van der Waals surface area (Å²) < 4.78 is 1.62. The summed E-state index contributed by atoms with van der Waals surface area (Å²) in [6.45, 7) is 6.82. The summed E-state index contributed by atoms with van der Waals surface area (Å²) in [6.07, 6.45) is 4.94. The smallest absolute Gasteiger partial charge is 0.147 e. The first-order valence-corrected chi connectivity index (χ1v) is 5.67. The van der Waals surface area contributed by atoms with Crippen LogP contribution in [0.2, 0.25) is 0 Å². The predicted octanol–water partition coefficient (Wildman–Crippen LogP) is 4.56. The number of halogens is 2. The Bertz CT molecular complexity index is 242. The van der Waals surface area contributed by atoms with E-state index in [9.17, 15) is 0 Å². The molecule has 81 valence electrons. The fourth-order valence-electron chi connectivity index (χ4n) is 2.05. The molecule has 14 heavy (non-hydrogen) atoms. The SMILES string of the molecule is CCC1=C(CC)C(CC)=[C]([Ti])C1.Cl.Cl. The Hall–Kier alpha value is 0.774. The molecule has 1 rings (SSSR count). The van der Waals surface area contributed by atoms with E-state index in [0.29, 0.717) is 0 Å². The summed E-state index contributed by atoms with van der Waals surface area (Å²) in [5, 5.41) is 0. The van der Waals surface area contributed by atoms with E-state index in [2.05, 4.69) is 41.2 Å². The van der Waals surface area contributed by atoms with Crippen molar-refractivity contribution in [3.8, 4) is 0 Å². The molecular formula is C11H19Cl2Ti. The van der Waals surface area contributed by atoms with E-state index in [1.165, 1.54) is 25.7 Å². The summed E-state index contributed by atoms with van der Waals surface area (Å²) >= 11 is 2.29. The van der Waals surface area contributed by atoms with Gasteiger partial charge in [0.15, 0.2) is 0 Å². The van der Waals surface area contributed by atoms with Crippen LogP contribution >= 0.6 is 24.8 Å². The van der Waals surface area contributed by atoms with Gasteiger partial charge in [-0.15, -0.1) is 24.8 Å². The molecule has 0 saturated carbocycles. The average Bonchev–Trinajstić information content (AvgIpc) is 2.40. The van der Waals surface area contributed by atoms with Crippen LogP contribution in [0.4, 0.5) is 0 Å². The van der Waals surface area contributed by atoms with Gasteiger partial charge in [-0.25, -0.2) is 0 Å². The fraction of sp³-hybridized carbons (Fsp3) is 0.636. The van der Waals surface area contributed by atoms with Crippen molar-refractivity contribution in [1.29, 1.82) is 0 Å². The molecule has 0 heterocycles. The third-order valence-electron chi connectivity index (χ3n) is 2.68. The van der Waals surface area contributed by atoms with Gasteiger partial charge in [-0.05, 0) is 0 Å². The minimum absolute atomic E-state index is 0. The molecular weight excluding hydrogens is 251 g/mol. The molecule has 0 atom stereocenters. The molecule has 3 heteroatoms. The molecule has 0 aliphatic heterocycles. The molecule has 0 N–H and O–H groups in total. The Morgan fingerprint density at radius 2 is 1.43 bits per heavy atom. The molecule has 0 spiro atoms. The topological polar surface area (TPSA) is 0 Å². The molecule has 0 nitrogen and oxygen atoms in total. The molecule has 0 amide bonds. The third kappa shape index (κ3) is 3.41. The molecule has 0 unspecified atom stereocenters. The predicted molar refractivity (Wildman–Crippen MR) is 64.0 cm³/mol. The van der Waals surface area contributed by atoms with E-state index in [0.717, 1.165) is 0 Å². The maximum Gasteiger partial charge on any atom is -0.147 e. The number of hydrogen-bond acceptors (Lipinski definition) is 0. The third-order valence-corrected chi connectivity index (χ3v) is 3.43. The van der Waals surface area contributed by atoms with Crippen molar-refractivity contribution in [3.05, 3.63) is 20.6 Å². The summed E-state index contributed by atoms with van der Waals surface area (Å²) in [7, 11) is 0. The molecule has 0 saturated heterocycles. The Balaban J connectivity index is 0. The molecule has 0 radical (unpaired) electrons. The molecule has 0 aromatic carbocycles. The normalized spacial score (nSPS) is 15.3. The van der Waals surface area contributed by atoms with Crippen LogP contribution in [0.3, 0.4) is 0 Å². The molecule has 0 aromatic heterocycles. The molecule has 0 aromatic rings. The Kier molecular flexibility index (Phi) is 9.80. The standard InChI is InChI=1S/C11H17.2ClH.Ti/c1-4-9-7-8-10(5-2)11(9)6-3;;;/h4-7H2,1-3H3;2*1H;. The molecule has 1 aliphatic carbocycles. The Morgan fingerprint density at radius 1 is 0.929 bits per heavy atom. The van der Waals surface area contributed by atoms with Gasteiger partial charge < -0.3 is 0 Å². The van der Waals surface area contributed by atoms with E-state index in [4.69, 9.17) is 0 Å². The minimum atomic E-state index is 0. The summed E-state index contributed by atoms with van der Waals surface area (Å²) in [5.74, 6) is 0. The van der Waals surface area contributed by atoms with Crippen LogP contribution in [0.15, 0.2) is 20.6 Å². The first-order chi connectivity index (χ1) is 5.74. The average molecular weight is 270 g/mol. The van der Waals surface area contributed by atoms with Gasteiger partial charge in [0.25, 0.3) is 0 Å². The zero-order chi connectivity index (χ0) is 9.14. The maximum atomic E-state index is 2.29. The van der Waals surface area contributed by atoms with E-state index in [1.807, 2.05) is 0 Å². The van der Waals surface area contributed by atoms with Gasteiger partial charge in [0.05, 0.1) is 0 Å². The van der Waals surface area contributed by atoms with Crippen LogP contribution in [-0.2, 0) is 20.4 Å². The van der Waals surface area contributed by atoms with Crippen LogP contribution in [0.25, 0.3) is 0 Å². The second-order valence-corrected chi connectivity index (χ2v) is 4.22. The Labute approximate surface area is 112 Å². The van der Waals surface area contributed by atoms with Crippen LogP contribution in [0.5, 0.6) is 0 Å². The zero-order valence-corrected chi connectivity index (χ0v) is 12.3. The van der Waals surface area contributed by atoms with Crippen LogP contribution in [0, 0.1) is 0 Å². The Morgan fingerprint density at radius 3 is 1.79 bits per heavy atom. The van der Waals surface area contributed by atoms with Crippen molar-refractivity contribution in [1.82, 2.24) is 0 Å². The van der Waals surface area contributed by atoms with Crippen molar-refractivity contribution < 1.29 is 20.4 Å². The fourth-order valence-corrected chi connectivity index (χ4v) is 2.90. The second-order valence-electron chi connectivity index (χ2n) is 3.28. The molecule has 0 bridgehead atoms. The first-order valence-electron chi connectivity index (χ1n) is 4.89. The van der Waals surface area contributed by atoms with Crippen molar-refractivity contribution in [2.75, 3.05) is 0 Å². The van der Waals surface area contributed by atoms with Crippen molar-refractivity contribution in [2.24, 2.45) is 0 Å². The summed E-state index contributed by atoms with van der Waals surface area (Å²) in [5.41, 5.74) is 5.00. The van der Waals surface area contributed by atoms with E-state index in [1.54, 1.807) is 20.6 Å². The van der Waals surface area contributed by atoms with Gasteiger partial charge in [0.1, 0.15) is 0 Å². The van der Waals surface area contributed by atoms with Gasteiger partial charge in [-0.2, -0.15) is 0 Å². The monoisotopic (exact) mass is 269 g/mol. The van der Waals surface area contributed by atoms with E-state index < -0.39 is 0 Å². The van der Waals surface area contributed by atoms with Crippen molar-refractivity contribution in [3.63, 3.8) is 0 Å². The first kappa shape index (κ1) is 17.2. The van der Waals surface area contributed by atoms with Crippen LogP contribution < -0.4 is 0 Å². The number of allylic oxidation sites excluding steroid dienone is 4. The molecule has 0 fully saturated rings. The molecule has 1 aliphatic rings. The van der Waals surface area contributed by atoms with Gasteiger partial charge in [0.2, 0.25) is 0 Å².